The van der Waals surface area contributed by atoms with Crippen molar-refractivity contribution in [3.63, 3.8) is 0 Å². The van der Waals surface area contributed by atoms with Crippen molar-refractivity contribution in [1.29, 1.82) is 0 Å². The Hall–Kier alpha value is -3.65. The van der Waals surface area contributed by atoms with Crippen molar-refractivity contribution < 1.29 is 0 Å². The predicted octanol–water partition coefficient (Wildman–Crippen LogP) is 3.58. The summed E-state index contributed by atoms with van der Waals surface area (Å²) in [4.78, 5) is 8.95. The van der Waals surface area contributed by atoms with E-state index in [1.807, 2.05) is 54.7 Å². The molecule has 0 aliphatic rings. The van der Waals surface area contributed by atoms with Crippen LogP contribution in [-0.4, -0.2) is 19.6 Å². The predicted molar refractivity (Wildman–Crippen MR) is 103 cm³/mol. The van der Waals surface area contributed by atoms with Gasteiger partial charge in [-0.05, 0) is 11.6 Å². The first-order valence-electron chi connectivity index (χ1n) is 8.34. The van der Waals surface area contributed by atoms with E-state index in [-0.39, 0.29) is 0 Å². The summed E-state index contributed by atoms with van der Waals surface area (Å²) in [5, 5.41) is 7.90. The Morgan fingerprint density at radius 3 is 2.73 bits per heavy atom. The zero-order valence-electron chi connectivity index (χ0n) is 14.1. The van der Waals surface area contributed by atoms with Crippen molar-refractivity contribution in [2.24, 2.45) is 0 Å². The molecule has 0 saturated carbocycles. The minimum absolute atomic E-state index is 0.497. The van der Waals surface area contributed by atoms with Gasteiger partial charge in [-0.25, -0.2) is 4.98 Å². The number of anilines is 1. The molecule has 0 bridgehead atoms. The van der Waals surface area contributed by atoms with Crippen molar-refractivity contribution in [2.45, 2.75) is 13.0 Å². The van der Waals surface area contributed by atoms with E-state index >= 15 is 0 Å². The third kappa shape index (κ3) is 3.13. The highest BCUT2D eigenvalue weighted by atomic mass is 15.3. The average Bonchev–Trinajstić information content (AvgIpc) is 3.11. The monoisotopic (exact) mass is 339 g/mol. The minimum Gasteiger partial charge on any atom is -0.366 e. The smallest absolute Gasteiger partial charge is 0.162 e. The molecule has 3 aromatic heterocycles. The lowest BCUT2D eigenvalue weighted by Crippen LogP contribution is -2.07. The minimum atomic E-state index is 0.497. The maximum absolute atomic E-state index is 5.50. The van der Waals surface area contributed by atoms with Crippen LogP contribution in [0.25, 0.3) is 16.9 Å². The fraction of sp³-hybridized carbons (Fsp3) is 0.0952. The number of terminal acetylenes is 1. The third-order valence-corrected chi connectivity index (χ3v) is 4.10. The highest BCUT2D eigenvalue weighted by molar-refractivity contribution is 5.68. The van der Waals surface area contributed by atoms with Crippen LogP contribution in [0.2, 0.25) is 0 Å². The molecule has 0 radical (unpaired) electrons. The number of fused-ring (bicyclic) bond motifs is 1. The number of nitrogens with one attached hydrogen (secondary N) is 1. The fourth-order valence-corrected chi connectivity index (χ4v) is 2.82. The SMILES string of the molecule is C#CCc1cnn2c(NCc3cccnc3)cc(-c3ccccc3)nc12. The molecular weight excluding hydrogens is 322 g/mol. The van der Waals surface area contributed by atoms with Gasteiger partial charge >= 0.3 is 0 Å². The van der Waals surface area contributed by atoms with E-state index in [0.717, 1.165) is 33.8 Å². The van der Waals surface area contributed by atoms with E-state index in [9.17, 15) is 0 Å². The molecule has 0 atom stereocenters. The van der Waals surface area contributed by atoms with Gasteiger partial charge in [-0.1, -0.05) is 36.4 Å². The molecule has 0 unspecified atom stereocenters. The second kappa shape index (κ2) is 7.08. The van der Waals surface area contributed by atoms with E-state index in [4.69, 9.17) is 11.4 Å². The van der Waals surface area contributed by atoms with Crippen LogP contribution in [0.4, 0.5) is 5.82 Å². The van der Waals surface area contributed by atoms with Gasteiger partial charge in [0, 0.05) is 42.6 Å². The van der Waals surface area contributed by atoms with Gasteiger partial charge in [0.15, 0.2) is 5.65 Å². The Kier molecular flexibility index (Phi) is 4.31. The molecule has 0 aliphatic heterocycles. The Morgan fingerprint density at radius 2 is 1.96 bits per heavy atom. The van der Waals surface area contributed by atoms with E-state index in [0.29, 0.717) is 13.0 Å². The second-order valence-corrected chi connectivity index (χ2v) is 5.89. The van der Waals surface area contributed by atoms with Crippen LogP contribution >= 0.6 is 0 Å². The number of hydrogen-bond acceptors (Lipinski definition) is 4. The number of aromatic nitrogens is 4. The molecule has 0 fully saturated rings. The van der Waals surface area contributed by atoms with Crippen LogP contribution in [0.15, 0.2) is 67.1 Å². The molecule has 1 N–H and O–H groups in total. The highest BCUT2D eigenvalue weighted by Gasteiger charge is 2.12. The zero-order valence-corrected chi connectivity index (χ0v) is 14.1. The number of pyridine rings is 1. The Morgan fingerprint density at radius 1 is 1.08 bits per heavy atom. The molecule has 4 rings (SSSR count). The van der Waals surface area contributed by atoms with E-state index in [1.165, 1.54) is 0 Å². The lowest BCUT2D eigenvalue weighted by molar-refractivity contribution is 0.925. The Bertz CT molecular complexity index is 1060. The number of benzene rings is 1. The lowest BCUT2D eigenvalue weighted by Gasteiger charge is -2.11. The maximum atomic E-state index is 5.50. The molecule has 5 heteroatoms. The quantitative estimate of drug-likeness (QED) is 0.565. The van der Waals surface area contributed by atoms with Crippen LogP contribution < -0.4 is 5.32 Å². The molecule has 0 aliphatic carbocycles. The summed E-state index contributed by atoms with van der Waals surface area (Å²) in [5.74, 6) is 3.54. The second-order valence-electron chi connectivity index (χ2n) is 5.89. The first-order chi connectivity index (χ1) is 12.8. The highest BCUT2D eigenvalue weighted by Crippen LogP contribution is 2.24. The van der Waals surface area contributed by atoms with Gasteiger partial charge < -0.3 is 5.32 Å². The summed E-state index contributed by atoms with van der Waals surface area (Å²) < 4.78 is 1.80. The van der Waals surface area contributed by atoms with E-state index < -0.39 is 0 Å². The Labute approximate surface area is 151 Å². The number of hydrogen-bond donors (Lipinski definition) is 1. The molecular formula is C21H17N5. The van der Waals surface area contributed by atoms with Gasteiger partial charge in [0.25, 0.3) is 0 Å². The van der Waals surface area contributed by atoms with Gasteiger partial charge in [0.05, 0.1) is 11.9 Å². The molecule has 3 heterocycles. The van der Waals surface area contributed by atoms with Gasteiger partial charge in [-0.2, -0.15) is 9.61 Å². The van der Waals surface area contributed by atoms with Crippen molar-refractivity contribution in [2.75, 3.05) is 5.32 Å². The van der Waals surface area contributed by atoms with Gasteiger partial charge in [0.2, 0.25) is 0 Å². The molecule has 1 aromatic carbocycles. The Balaban J connectivity index is 1.78. The molecule has 0 saturated heterocycles. The summed E-state index contributed by atoms with van der Waals surface area (Å²) >= 11 is 0. The fourth-order valence-electron chi connectivity index (χ4n) is 2.82. The van der Waals surface area contributed by atoms with Crippen LogP contribution in [0.1, 0.15) is 11.1 Å². The van der Waals surface area contributed by atoms with Gasteiger partial charge in [-0.15, -0.1) is 12.3 Å². The summed E-state index contributed by atoms with van der Waals surface area (Å²) in [6, 6.07) is 16.0. The first-order valence-corrected chi connectivity index (χ1v) is 8.34. The lowest BCUT2D eigenvalue weighted by atomic mass is 10.1. The molecule has 126 valence electrons. The first kappa shape index (κ1) is 15.9. The molecule has 0 amide bonds. The summed E-state index contributed by atoms with van der Waals surface area (Å²) in [6.07, 6.45) is 11.4. The van der Waals surface area contributed by atoms with Crippen molar-refractivity contribution in [3.05, 3.63) is 78.2 Å². The molecule has 26 heavy (non-hydrogen) atoms. The van der Waals surface area contributed by atoms with Crippen molar-refractivity contribution in [3.8, 4) is 23.6 Å². The summed E-state index contributed by atoms with van der Waals surface area (Å²) in [5.41, 5.74) is 4.74. The standard InChI is InChI=1S/C21H17N5/c1-2-7-18-15-24-26-20(23-14-16-8-6-11-22-13-16)12-19(25-21(18)26)17-9-4-3-5-10-17/h1,3-6,8-13,15,23H,7,14H2. The summed E-state index contributed by atoms with van der Waals surface area (Å²) in [6.45, 7) is 0.644. The van der Waals surface area contributed by atoms with Crippen LogP contribution in [0.5, 0.6) is 0 Å². The zero-order chi connectivity index (χ0) is 17.8. The normalized spacial score (nSPS) is 10.6. The third-order valence-electron chi connectivity index (χ3n) is 4.10. The largest absolute Gasteiger partial charge is 0.366 e. The van der Waals surface area contributed by atoms with Crippen LogP contribution in [0.3, 0.4) is 0 Å². The summed E-state index contributed by atoms with van der Waals surface area (Å²) in [7, 11) is 0. The van der Waals surface area contributed by atoms with E-state index in [1.54, 1.807) is 16.9 Å². The topological polar surface area (TPSA) is 55.1 Å². The van der Waals surface area contributed by atoms with Crippen molar-refractivity contribution in [1.82, 2.24) is 19.6 Å². The molecule has 4 aromatic rings. The van der Waals surface area contributed by atoms with Gasteiger partial charge in [0.1, 0.15) is 5.82 Å². The maximum Gasteiger partial charge on any atom is 0.162 e. The van der Waals surface area contributed by atoms with Crippen LogP contribution in [-0.2, 0) is 13.0 Å². The number of rotatable bonds is 5. The number of nitrogens with zero attached hydrogens (tertiary/aromatic N) is 4. The average molecular weight is 339 g/mol. The van der Waals surface area contributed by atoms with Crippen LogP contribution in [0, 0.1) is 12.3 Å². The molecule has 0 spiro atoms. The van der Waals surface area contributed by atoms with Gasteiger partial charge in [-0.3, -0.25) is 4.98 Å². The van der Waals surface area contributed by atoms with E-state index in [2.05, 4.69) is 21.3 Å². The molecule has 5 nitrogen and oxygen atoms in total. The van der Waals surface area contributed by atoms with Crippen molar-refractivity contribution >= 4 is 11.5 Å².